The van der Waals surface area contributed by atoms with Crippen molar-refractivity contribution >= 4 is 18.0 Å². The average Bonchev–Trinajstić information content (AvgIpc) is 3.24. The van der Waals surface area contributed by atoms with Crippen molar-refractivity contribution in [3.05, 3.63) is 53.3 Å². The molecule has 1 aromatic carbocycles. The summed E-state index contributed by atoms with van der Waals surface area (Å²) in [4.78, 5) is 24.9. The minimum absolute atomic E-state index is 0.0603. The Balaban J connectivity index is 1.63. The van der Waals surface area contributed by atoms with Crippen molar-refractivity contribution in [1.29, 1.82) is 0 Å². The summed E-state index contributed by atoms with van der Waals surface area (Å²) in [6.07, 6.45) is 3.43. The first-order valence-corrected chi connectivity index (χ1v) is 9.65. The molecule has 1 fully saturated rings. The summed E-state index contributed by atoms with van der Waals surface area (Å²) < 4.78 is 21.7. The molecule has 162 valence electrons. The van der Waals surface area contributed by atoms with Crippen LogP contribution in [-0.4, -0.2) is 73.6 Å². The van der Waals surface area contributed by atoms with Crippen molar-refractivity contribution in [2.45, 2.75) is 24.7 Å². The van der Waals surface area contributed by atoms with Gasteiger partial charge < -0.3 is 34.5 Å². The Labute approximate surface area is 173 Å². The highest BCUT2D eigenvalue weighted by atomic mass is 16.7. The number of hydrogen-bond donors (Lipinski definition) is 3. The second kappa shape index (κ2) is 10.9. The third kappa shape index (κ3) is 5.67. The maximum absolute atomic E-state index is 12.6. The van der Waals surface area contributed by atoms with Crippen LogP contribution >= 0.6 is 0 Å². The van der Waals surface area contributed by atoms with Gasteiger partial charge in [-0.3, -0.25) is 4.79 Å². The minimum Gasteiger partial charge on any atom is -0.499 e. The van der Waals surface area contributed by atoms with Crippen LogP contribution in [0, 0.1) is 0 Å². The van der Waals surface area contributed by atoms with Gasteiger partial charge in [0, 0.05) is 18.5 Å². The third-order valence-electron chi connectivity index (χ3n) is 4.66. The lowest BCUT2D eigenvalue weighted by molar-refractivity contribution is -0.118. The number of benzene rings is 1. The van der Waals surface area contributed by atoms with E-state index in [1.54, 1.807) is 36.4 Å². The van der Waals surface area contributed by atoms with E-state index in [2.05, 4.69) is 5.32 Å². The van der Waals surface area contributed by atoms with Gasteiger partial charge in [0.15, 0.2) is 0 Å². The SMILES string of the molecule is O=C(NCCO)C1=CC2OCOC2C(OC(=O)c2ccc(C=COCCO)cc2)C1. The zero-order chi connectivity index (χ0) is 21.3. The zero-order valence-electron chi connectivity index (χ0n) is 16.4. The summed E-state index contributed by atoms with van der Waals surface area (Å²) in [6.45, 7) is 0.183. The highest BCUT2D eigenvalue weighted by Crippen LogP contribution is 2.30. The number of carbonyl (C=O) groups is 2. The maximum Gasteiger partial charge on any atom is 0.338 e. The molecule has 3 unspecified atom stereocenters. The highest BCUT2D eigenvalue weighted by Gasteiger charge is 2.42. The minimum atomic E-state index is -0.670. The van der Waals surface area contributed by atoms with Crippen LogP contribution in [0.3, 0.4) is 0 Å². The first-order chi connectivity index (χ1) is 14.6. The molecular formula is C21H25NO8. The van der Waals surface area contributed by atoms with Crippen LogP contribution < -0.4 is 5.32 Å². The molecule has 2 aliphatic rings. The number of aliphatic hydroxyl groups excluding tert-OH is 2. The molecule has 0 saturated carbocycles. The number of esters is 1. The van der Waals surface area contributed by atoms with Crippen molar-refractivity contribution < 1.29 is 38.7 Å². The first kappa shape index (κ1) is 22.0. The number of aliphatic hydroxyl groups is 2. The normalized spacial score (nSPS) is 23.0. The van der Waals surface area contributed by atoms with Crippen LogP contribution in [0.1, 0.15) is 22.3 Å². The Morgan fingerprint density at radius 3 is 2.70 bits per heavy atom. The van der Waals surface area contributed by atoms with Gasteiger partial charge in [-0.1, -0.05) is 12.1 Å². The van der Waals surface area contributed by atoms with Crippen LogP contribution in [0.4, 0.5) is 0 Å². The highest BCUT2D eigenvalue weighted by molar-refractivity contribution is 5.94. The molecule has 1 aliphatic heterocycles. The Hall–Kier alpha value is -2.72. The van der Waals surface area contributed by atoms with Crippen LogP contribution in [0.25, 0.3) is 6.08 Å². The molecule has 9 nitrogen and oxygen atoms in total. The van der Waals surface area contributed by atoms with E-state index in [0.29, 0.717) is 11.1 Å². The molecule has 0 aromatic heterocycles. The predicted molar refractivity (Wildman–Crippen MR) is 105 cm³/mol. The van der Waals surface area contributed by atoms with Crippen molar-refractivity contribution in [2.24, 2.45) is 0 Å². The molecular weight excluding hydrogens is 394 g/mol. The van der Waals surface area contributed by atoms with E-state index in [4.69, 9.17) is 29.2 Å². The molecule has 3 N–H and O–H groups in total. The molecule has 1 amide bonds. The smallest absolute Gasteiger partial charge is 0.338 e. The fourth-order valence-electron chi connectivity index (χ4n) is 3.19. The Kier molecular flexibility index (Phi) is 7.97. The molecule has 9 heteroatoms. The van der Waals surface area contributed by atoms with Gasteiger partial charge in [-0.05, 0) is 29.8 Å². The molecule has 1 aliphatic carbocycles. The number of fused-ring (bicyclic) bond motifs is 1. The van der Waals surface area contributed by atoms with E-state index in [0.717, 1.165) is 5.56 Å². The number of hydrogen-bond acceptors (Lipinski definition) is 8. The lowest BCUT2D eigenvalue weighted by Crippen LogP contribution is -2.43. The summed E-state index contributed by atoms with van der Waals surface area (Å²) in [5, 5.41) is 20.2. The van der Waals surface area contributed by atoms with Crippen LogP contribution in [0.15, 0.2) is 42.2 Å². The molecule has 1 aromatic rings. The molecule has 3 atom stereocenters. The van der Waals surface area contributed by atoms with Gasteiger partial charge in [-0.2, -0.15) is 0 Å². The van der Waals surface area contributed by atoms with Gasteiger partial charge in [0.1, 0.15) is 31.7 Å². The summed E-state index contributed by atoms with van der Waals surface area (Å²) in [5.74, 6) is -0.864. The van der Waals surface area contributed by atoms with E-state index < -0.39 is 24.3 Å². The van der Waals surface area contributed by atoms with Gasteiger partial charge >= 0.3 is 5.97 Å². The third-order valence-corrected chi connectivity index (χ3v) is 4.66. The monoisotopic (exact) mass is 419 g/mol. The molecule has 3 rings (SSSR count). The summed E-state index contributed by atoms with van der Waals surface area (Å²) >= 11 is 0. The maximum atomic E-state index is 12.6. The fourth-order valence-corrected chi connectivity index (χ4v) is 3.19. The Bertz CT molecular complexity index is 789. The van der Waals surface area contributed by atoms with E-state index >= 15 is 0 Å². The molecule has 0 radical (unpaired) electrons. The van der Waals surface area contributed by atoms with Gasteiger partial charge in [0.2, 0.25) is 5.91 Å². The standard InChI is InChI=1S/C21H25NO8/c23-7-6-22-20(25)16-11-17-19(29-13-28-17)18(12-16)30-21(26)15-3-1-14(2-4-15)5-9-27-10-8-24/h1-5,9,11,17-19,23-24H,6-8,10,12-13H2,(H,22,25). The fraction of sp³-hybridized carbons (Fsp3) is 0.429. The topological polar surface area (TPSA) is 124 Å². The molecule has 0 bridgehead atoms. The van der Waals surface area contributed by atoms with Gasteiger partial charge in [-0.15, -0.1) is 0 Å². The van der Waals surface area contributed by atoms with Gasteiger partial charge in [0.05, 0.1) is 25.0 Å². The van der Waals surface area contributed by atoms with Gasteiger partial charge in [-0.25, -0.2) is 4.79 Å². The number of amides is 1. The lowest BCUT2D eigenvalue weighted by atomic mass is 9.91. The predicted octanol–water partition coefficient (Wildman–Crippen LogP) is 0.372. The zero-order valence-corrected chi connectivity index (χ0v) is 16.4. The van der Waals surface area contributed by atoms with Crippen LogP contribution in [0.5, 0.6) is 0 Å². The Morgan fingerprint density at radius 1 is 1.17 bits per heavy atom. The van der Waals surface area contributed by atoms with E-state index in [1.165, 1.54) is 6.26 Å². The van der Waals surface area contributed by atoms with Crippen molar-refractivity contribution in [3.63, 3.8) is 0 Å². The average molecular weight is 419 g/mol. The van der Waals surface area contributed by atoms with Crippen LogP contribution in [-0.2, 0) is 23.7 Å². The van der Waals surface area contributed by atoms with Gasteiger partial charge in [0.25, 0.3) is 0 Å². The van der Waals surface area contributed by atoms with Crippen molar-refractivity contribution in [3.8, 4) is 0 Å². The first-order valence-electron chi connectivity index (χ1n) is 9.65. The van der Waals surface area contributed by atoms with Crippen molar-refractivity contribution in [2.75, 3.05) is 33.2 Å². The number of carbonyl (C=O) groups excluding carboxylic acids is 2. The summed E-state index contributed by atoms with van der Waals surface area (Å²) in [7, 11) is 0. The van der Waals surface area contributed by atoms with E-state index in [1.807, 2.05) is 0 Å². The molecule has 0 spiro atoms. The van der Waals surface area contributed by atoms with E-state index in [9.17, 15) is 9.59 Å². The summed E-state index contributed by atoms with van der Waals surface area (Å²) in [5.41, 5.74) is 1.61. The second-order valence-corrected chi connectivity index (χ2v) is 6.72. The molecule has 30 heavy (non-hydrogen) atoms. The van der Waals surface area contributed by atoms with Crippen LogP contribution in [0.2, 0.25) is 0 Å². The second-order valence-electron chi connectivity index (χ2n) is 6.72. The molecule has 1 saturated heterocycles. The quantitative estimate of drug-likeness (QED) is 0.298. The largest absolute Gasteiger partial charge is 0.499 e. The summed E-state index contributed by atoms with van der Waals surface area (Å²) in [6, 6.07) is 6.74. The number of nitrogens with one attached hydrogen (secondary N) is 1. The lowest BCUT2D eigenvalue weighted by Gasteiger charge is -2.30. The van der Waals surface area contributed by atoms with E-state index in [-0.39, 0.29) is 45.5 Å². The number of rotatable bonds is 9. The number of ether oxygens (including phenoxy) is 4. The molecule has 1 heterocycles. The van der Waals surface area contributed by atoms with Crippen molar-refractivity contribution in [1.82, 2.24) is 5.32 Å². The Morgan fingerprint density at radius 2 is 1.97 bits per heavy atom.